The fourth-order valence-electron chi connectivity index (χ4n) is 3.64. The minimum absolute atomic E-state index is 0.0195. The quantitative estimate of drug-likeness (QED) is 0.594. The number of alkyl halides is 3. The van der Waals surface area contributed by atoms with Crippen LogP contribution in [0.1, 0.15) is 38.4 Å². The summed E-state index contributed by atoms with van der Waals surface area (Å²) in [7, 11) is 0. The Bertz CT molecular complexity index is 1230. The molecule has 0 spiro atoms. The minimum atomic E-state index is -4.74. The van der Waals surface area contributed by atoms with Gasteiger partial charge in [-0.25, -0.2) is 9.78 Å². The molecule has 0 atom stereocenters. The number of imide groups is 1. The first-order chi connectivity index (χ1) is 16.8. The molecule has 11 heteroatoms. The number of rotatable bonds is 5. The topological polar surface area (TPSA) is 95.5 Å². The van der Waals surface area contributed by atoms with Crippen molar-refractivity contribution in [3.8, 4) is 0 Å². The molecule has 0 saturated carbocycles. The zero-order valence-electron chi connectivity index (χ0n) is 18.3. The first kappa shape index (κ1) is 23.9. The minimum Gasteiger partial charge on any atom is -0.346 e. The van der Waals surface area contributed by atoms with Crippen LogP contribution >= 0.6 is 0 Å². The van der Waals surface area contributed by atoms with E-state index >= 15 is 0 Å². The van der Waals surface area contributed by atoms with Crippen LogP contribution in [0.25, 0.3) is 0 Å². The third-order valence-electron chi connectivity index (χ3n) is 5.38. The Morgan fingerprint density at radius 2 is 1.74 bits per heavy atom. The number of hydrogen-bond donors (Lipinski definition) is 1. The molecule has 3 heterocycles. The number of pyridine rings is 2. The molecule has 0 radical (unpaired) electrons. The monoisotopic (exact) mass is 483 g/mol. The summed E-state index contributed by atoms with van der Waals surface area (Å²) >= 11 is 0. The number of hydrogen-bond acceptors (Lipinski definition) is 5. The van der Waals surface area contributed by atoms with E-state index in [1.807, 2.05) is 0 Å². The van der Waals surface area contributed by atoms with E-state index in [0.29, 0.717) is 12.1 Å². The number of aromatic nitrogens is 2. The lowest BCUT2D eigenvalue weighted by atomic mass is 10.1. The summed E-state index contributed by atoms with van der Waals surface area (Å²) in [6.07, 6.45) is -1.49. The van der Waals surface area contributed by atoms with Gasteiger partial charge in [-0.2, -0.15) is 13.2 Å². The highest BCUT2D eigenvalue weighted by molar-refractivity contribution is 6.09. The van der Waals surface area contributed by atoms with Gasteiger partial charge in [-0.3, -0.25) is 24.4 Å². The molecule has 3 aromatic rings. The van der Waals surface area contributed by atoms with Crippen molar-refractivity contribution in [2.75, 3.05) is 18.0 Å². The summed E-state index contributed by atoms with van der Waals surface area (Å²) in [5.41, 5.74) is -0.764. The van der Waals surface area contributed by atoms with Crippen LogP contribution in [0.2, 0.25) is 0 Å². The number of anilines is 1. The number of carbonyl (C=O) groups is 3. The highest BCUT2D eigenvalue weighted by atomic mass is 19.4. The second-order valence-corrected chi connectivity index (χ2v) is 7.70. The molecule has 1 aliphatic rings. The Morgan fingerprint density at radius 3 is 2.43 bits per heavy atom. The van der Waals surface area contributed by atoms with E-state index in [1.54, 1.807) is 24.4 Å². The number of halogens is 3. The van der Waals surface area contributed by atoms with Gasteiger partial charge < -0.3 is 5.32 Å². The molecule has 180 valence electrons. The van der Waals surface area contributed by atoms with E-state index in [-0.39, 0.29) is 36.9 Å². The molecule has 2 aromatic heterocycles. The Morgan fingerprint density at radius 1 is 0.971 bits per heavy atom. The maximum Gasteiger partial charge on any atom is 0.417 e. The van der Waals surface area contributed by atoms with Crippen LogP contribution in [-0.2, 0) is 12.7 Å². The second-order valence-electron chi connectivity index (χ2n) is 7.70. The molecule has 1 aliphatic heterocycles. The highest BCUT2D eigenvalue weighted by Crippen LogP contribution is 2.33. The van der Waals surface area contributed by atoms with Gasteiger partial charge in [0.2, 0.25) is 0 Å². The molecule has 4 rings (SSSR count). The zero-order chi connectivity index (χ0) is 25.0. The third kappa shape index (κ3) is 5.29. The van der Waals surface area contributed by atoms with E-state index in [0.717, 1.165) is 17.0 Å². The van der Waals surface area contributed by atoms with E-state index in [2.05, 4.69) is 15.3 Å². The van der Waals surface area contributed by atoms with Gasteiger partial charge in [-0.15, -0.1) is 0 Å². The molecule has 35 heavy (non-hydrogen) atoms. The van der Waals surface area contributed by atoms with Gasteiger partial charge >= 0.3 is 12.2 Å². The van der Waals surface area contributed by atoms with Gasteiger partial charge in [0.15, 0.2) is 0 Å². The van der Waals surface area contributed by atoms with Crippen molar-refractivity contribution in [1.29, 1.82) is 0 Å². The molecule has 0 unspecified atom stereocenters. The van der Waals surface area contributed by atoms with Crippen molar-refractivity contribution in [3.05, 3.63) is 89.4 Å². The number of urea groups is 1. The fraction of sp³-hybridized carbons (Fsp3) is 0.208. The van der Waals surface area contributed by atoms with Crippen molar-refractivity contribution in [2.24, 2.45) is 0 Å². The number of nitrogens with one attached hydrogen (secondary N) is 1. The largest absolute Gasteiger partial charge is 0.417 e. The third-order valence-corrected chi connectivity index (χ3v) is 5.38. The average Bonchev–Trinajstić information content (AvgIpc) is 2.87. The molecule has 4 amide bonds. The van der Waals surface area contributed by atoms with Crippen LogP contribution in [-0.4, -0.2) is 45.8 Å². The maximum atomic E-state index is 13.4. The summed E-state index contributed by atoms with van der Waals surface area (Å²) in [5.74, 6) is -1.24. The van der Waals surface area contributed by atoms with Gasteiger partial charge in [-0.05, 0) is 42.8 Å². The summed E-state index contributed by atoms with van der Waals surface area (Å²) in [4.78, 5) is 48.5. The Hall–Kier alpha value is -4.28. The molecule has 1 fully saturated rings. The number of benzene rings is 1. The molecule has 1 saturated heterocycles. The standard InChI is InChI=1S/C24H20F3N5O3/c25-24(26,27)19-8-2-1-7-18(19)22(34)32-13-5-12-31(23(32)35)20-10-9-16(14-29-20)21(33)30-15-17-6-3-4-11-28-17/h1-4,6-11,14H,5,12-13,15H2,(H,30,33). The van der Waals surface area contributed by atoms with Crippen molar-refractivity contribution in [1.82, 2.24) is 20.2 Å². The molecule has 1 aromatic carbocycles. The van der Waals surface area contributed by atoms with Crippen LogP contribution < -0.4 is 10.2 Å². The first-order valence-corrected chi connectivity index (χ1v) is 10.7. The first-order valence-electron chi connectivity index (χ1n) is 10.7. The summed E-state index contributed by atoms with van der Waals surface area (Å²) in [6.45, 7) is 0.429. The zero-order valence-corrected chi connectivity index (χ0v) is 18.3. The SMILES string of the molecule is O=C(NCc1ccccn1)c1ccc(N2CCCN(C(=O)c3ccccc3C(F)(F)F)C2=O)nc1. The normalized spacial score (nSPS) is 14.1. The van der Waals surface area contributed by atoms with Gasteiger partial charge in [0.1, 0.15) is 5.82 Å². The molecule has 8 nitrogen and oxygen atoms in total. The van der Waals surface area contributed by atoms with E-state index in [1.165, 1.54) is 35.4 Å². The van der Waals surface area contributed by atoms with Gasteiger partial charge in [0.05, 0.1) is 28.9 Å². The summed E-state index contributed by atoms with van der Waals surface area (Å²) in [5, 5.41) is 2.71. The van der Waals surface area contributed by atoms with Crippen LogP contribution in [0.15, 0.2) is 67.0 Å². The van der Waals surface area contributed by atoms with E-state index < -0.39 is 29.2 Å². The maximum absolute atomic E-state index is 13.4. The van der Waals surface area contributed by atoms with Gasteiger partial charge in [0, 0.05) is 25.5 Å². The van der Waals surface area contributed by atoms with Crippen LogP contribution in [0.5, 0.6) is 0 Å². The number of nitrogens with zero attached hydrogens (tertiary/aromatic N) is 4. The lowest BCUT2D eigenvalue weighted by molar-refractivity contribution is -0.138. The van der Waals surface area contributed by atoms with Crippen LogP contribution in [0.4, 0.5) is 23.8 Å². The second kappa shape index (κ2) is 9.92. The summed E-state index contributed by atoms with van der Waals surface area (Å²) in [6, 6.07) is 11.8. The van der Waals surface area contributed by atoms with Gasteiger partial charge in [-0.1, -0.05) is 18.2 Å². The Balaban J connectivity index is 1.47. The van der Waals surface area contributed by atoms with E-state index in [4.69, 9.17) is 0 Å². The average molecular weight is 483 g/mol. The molecule has 0 bridgehead atoms. The number of amides is 4. The number of carbonyl (C=O) groups excluding carboxylic acids is 3. The van der Waals surface area contributed by atoms with Crippen LogP contribution in [0.3, 0.4) is 0 Å². The van der Waals surface area contributed by atoms with Crippen molar-refractivity contribution >= 4 is 23.7 Å². The lowest BCUT2D eigenvalue weighted by Crippen LogP contribution is -2.52. The lowest BCUT2D eigenvalue weighted by Gasteiger charge is -2.34. The highest BCUT2D eigenvalue weighted by Gasteiger charge is 2.39. The fourth-order valence-corrected chi connectivity index (χ4v) is 3.64. The van der Waals surface area contributed by atoms with Crippen LogP contribution in [0, 0.1) is 0 Å². The predicted octanol–water partition coefficient (Wildman–Crippen LogP) is 3.90. The molecular weight excluding hydrogens is 463 g/mol. The van der Waals surface area contributed by atoms with Gasteiger partial charge in [0.25, 0.3) is 11.8 Å². The smallest absolute Gasteiger partial charge is 0.346 e. The van der Waals surface area contributed by atoms with E-state index in [9.17, 15) is 27.6 Å². The molecule has 1 N–H and O–H groups in total. The van der Waals surface area contributed by atoms with Crippen molar-refractivity contribution in [3.63, 3.8) is 0 Å². The summed E-state index contributed by atoms with van der Waals surface area (Å²) < 4.78 is 40.1. The van der Waals surface area contributed by atoms with Crippen molar-refractivity contribution < 1.29 is 27.6 Å². The predicted molar refractivity (Wildman–Crippen MR) is 119 cm³/mol. The Labute approximate surface area is 198 Å². The van der Waals surface area contributed by atoms with Crippen molar-refractivity contribution in [2.45, 2.75) is 19.1 Å². The Kier molecular flexibility index (Phi) is 6.76. The molecule has 0 aliphatic carbocycles. The molecular formula is C24H20F3N5O3.